The van der Waals surface area contributed by atoms with Gasteiger partial charge in [0.2, 0.25) is 5.91 Å². The summed E-state index contributed by atoms with van der Waals surface area (Å²) >= 11 is 0. The first kappa shape index (κ1) is 18.3. The van der Waals surface area contributed by atoms with Crippen LogP contribution in [0.15, 0.2) is 24.3 Å². The van der Waals surface area contributed by atoms with Gasteiger partial charge in [-0.1, -0.05) is 12.1 Å². The van der Waals surface area contributed by atoms with Gasteiger partial charge in [-0.05, 0) is 30.5 Å². The van der Waals surface area contributed by atoms with Crippen LogP contribution in [0.5, 0.6) is 0 Å². The van der Waals surface area contributed by atoms with Gasteiger partial charge in [-0.25, -0.2) is 4.79 Å². The van der Waals surface area contributed by atoms with E-state index in [-0.39, 0.29) is 6.42 Å². The first-order chi connectivity index (χ1) is 11.3. The summed E-state index contributed by atoms with van der Waals surface area (Å²) in [6, 6.07) is 3.44. The minimum absolute atomic E-state index is 0.0310. The van der Waals surface area contributed by atoms with Gasteiger partial charge in [-0.3, -0.25) is 4.79 Å². The van der Waals surface area contributed by atoms with Crippen LogP contribution in [-0.2, 0) is 31.7 Å². The Hall–Kier alpha value is -2.09. The molecule has 2 rings (SSSR count). The molecule has 1 heterocycles. The molecule has 1 aliphatic heterocycles. The van der Waals surface area contributed by atoms with Crippen molar-refractivity contribution in [2.45, 2.75) is 37.6 Å². The molecule has 132 valence electrons. The average Bonchev–Trinajstić information content (AvgIpc) is 3.07. The molecule has 0 aliphatic carbocycles. The lowest BCUT2D eigenvalue weighted by Gasteiger charge is -2.19. The Morgan fingerprint density at radius 1 is 1.33 bits per heavy atom. The monoisotopic (exact) mass is 345 g/mol. The van der Waals surface area contributed by atoms with E-state index < -0.39 is 35.8 Å². The summed E-state index contributed by atoms with van der Waals surface area (Å²) in [4.78, 5) is 23.9. The Bertz CT molecular complexity index is 580. The van der Waals surface area contributed by atoms with Crippen molar-refractivity contribution >= 4 is 11.9 Å². The highest BCUT2D eigenvalue weighted by Crippen LogP contribution is 2.29. The SMILES string of the molecule is COC(=O)[C@H](Cc1ccc(C(F)(F)F)cc1)NC(=O)[C@H]1CCCO1. The second kappa shape index (κ2) is 7.65. The lowest BCUT2D eigenvalue weighted by molar-refractivity contribution is -0.146. The highest BCUT2D eigenvalue weighted by molar-refractivity contribution is 5.87. The average molecular weight is 345 g/mol. The zero-order valence-electron chi connectivity index (χ0n) is 13.1. The lowest BCUT2D eigenvalue weighted by atomic mass is 10.0. The zero-order valence-corrected chi connectivity index (χ0v) is 13.1. The molecule has 1 fully saturated rings. The topological polar surface area (TPSA) is 64.6 Å². The number of hydrogen-bond acceptors (Lipinski definition) is 4. The van der Waals surface area contributed by atoms with Gasteiger partial charge < -0.3 is 14.8 Å². The van der Waals surface area contributed by atoms with Crippen LogP contribution in [0.3, 0.4) is 0 Å². The molecular formula is C16H18F3NO4. The number of alkyl halides is 3. The minimum Gasteiger partial charge on any atom is -0.467 e. The van der Waals surface area contributed by atoms with Crippen molar-refractivity contribution in [3.8, 4) is 0 Å². The van der Waals surface area contributed by atoms with Crippen molar-refractivity contribution in [3.05, 3.63) is 35.4 Å². The first-order valence-corrected chi connectivity index (χ1v) is 7.47. The standard InChI is InChI=1S/C16H18F3NO4/c1-23-15(22)12(20-14(21)13-3-2-8-24-13)9-10-4-6-11(7-5-10)16(17,18)19/h4-7,12-13H,2-3,8-9H2,1H3,(H,20,21)/t12-,13+/m0/s1. The number of esters is 1. The van der Waals surface area contributed by atoms with Crippen molar-refractivity contribution in [2.24, 2.45) is 0 Å². The maximum atomic E-state index is 12.6. The normalized spacial score (nSPS) is 18.9. The van der Waals surface area contributed by atoms with E-state index in [0.29, 0.717) is 18.6 Å². The maximum absolute atomic E-state index is 12.6. The van der Waals surface area contributed by atoms with Gasteiger partial charge in [0, 0.05) is 13.0 Å². The van der Waals surface area contributed by atoms with E-state index >= 15 is 0 Å². The molecule has 1 N–H and O–H groups in total. The molecule has 2 atom stereocenters. The molecule has 0 unspecified atom stereocenters. The van der Waals surface area contributed by atoms with Gasteiger partial charge in [0.1, 0.15) is 12.1 Å². The fourth-order valence-electron chi connectivity index (χ4n) is 2.45. The van der Waals surface area contributed by atoms with Crippen LogP contribution in [0.4, 0.5) is 13.2 Å². The predicted octanol–water partition coefficient (Wildman–Crippen LogP) is 2.08. The molecule has 8 heteroatoms. The van der Waals surface area contributed by atoms with Gasteiger partial charge in [-0.2, -0.15) is 13.2 Å². The van der Waals surface area contributed by atoms with E-state index in [1.807, 2.05) is 0 Å². The smallest absolute Gasteiger partial charge is 0.416 e. The Balaban J connectivity index is 2.05. The molecule has 24 heavy (non-hydrogen) atoms. The van der Waals surface area contributed by atoms with Crippen molar-refractivity contribution in [2.75, 3.05) is 13.7 Å². The van der Waals surface area contributed by atoms with Crippen LogP contribution >= 0.6 is 0 Å². The molecule has 0 bridgehead atoms. The summed E-state index contributed by atoms with van der Waals surface area (Å²) < 4.78 is 47.6. The third kappa shape index (κ3) is 4.70. The number of rotatable bonds is 5. The first-order valence-electron chi connectivity index (χ1n) is 7.47. The van der Waals surface area contributed by atoms with Gasteiger partial charge in [0.15, 0.2) is 0 Å². The quantitative estimate of drug-likeness (QED) is 0.830. The Kier molecular flexibility index (Phi) is 5.82. The number of ether oxygens (including phenoxy) is 2. The molecule has 1 aromatic rings. The minimum atomic E-state index is -4.42. The number of methoxy groups -OCH3 is 1. The van der Waals surface area contributed by atoms with Crippen LogP contribution < -0.4 is 5.32 Å². The van der Waals surface area contributed by atoms with Gasteiger partial charge in [0.25, 0.3) is 0 Å². The highest BCUT2D eigenvalue weighted by Gasteiger charge is 2.31. The van der Waals surface area contributed by atoms with Crippen LogP contribution in [0, 0.1) is 0 Å². The lowest BCUT2D eigenvalue weighted by Crippen LogP contribution is -2.47. The second-order valence-corrected chi connectivity index (χ2v) is 5.48. The van der Waals surface area contributed by atoms with Crippen LogP contribution in [0.1, 0.15) is 24.0 Å². The van der Waals surface area contributed by atoms with E-state index in [4.69, 9.17) is 4.74 Å². The summed E-state index contributed by atoms with van der Waals surface area (Å²) in [5, 5.41) is 2.54. The largest absolute Gasteiger partial charge is 0.467 e. The van der Waals surface area contributed by atoms with Crippen molar-refractivity contribution in [1.82, 2.24) is 5.32 Å². The van der Waals surface area contributed by atoms with Gasteiger partial charge in [-0.15, -0.1) is 0 Å². The molecule has 0 aromatic heterocycles. The molecule has 5 nitrogen and oxygen atoms in total. The fraction of sp³-hybridized carbons (Fsp3) is 0.500. The number of carbonyl (C=O) groups is 2. The number of carbonyl (C=O) groups excluding carboxylic acids is 2. The third-order valence-corrected chi connectivity index (χ3v) is 3.75. The molecule has 1 amide bonds. The Morgan fingerprint density at radius 2 is 2.00 bits per heavy atom. The van der Waals surface area contributed by atoms with E-state index in [2.05, 4.69) is 10.1 Å². The Morgan fingerprint density at radius 3 is 2.50 bits per heavy atom. The molecule has 0 radical (unpaired) electrons. The summed E-state index contributed by atoms with van der Waals surface area (Å²) in [6.45, 7) is 0.486. The molecule has 1 saturated heterocycles. The third-order valence-electron chi connectivity index (χ3n) is 3.75. The molecular weight excluding hydrogens is 327 g/mol. The van der Waals surface area contributed by atoms with Crippen LogP contribution in [-0.4, -0.2) is 37.7 Å². The molecule has 0 saturated carbocycles. The number of hydrogen-bond donors (Lipinski definition) is 1. The van der Waals surface area contributed by atoms with Crippen molar-refractivity contribution < 1.29 is 32.2 Å². The summed E-state index contributed by atoms with van der Waals surface area (Å²) in [5.74, 6) is -1.09. The maximum Gasteiger partial charge on any atom is 0.416 e. The zero-order chi connectivity index (χ0) is 17.7. The second-order valence-electron chi connectivity index (χ2n) is 5.48. The Labute approximate surface area is 137 Å². The van der Waals surface area contributed by atoms with E-state index in [0.717, 1.165) is 18.6 Å². The van der Waals surface area contributed by atoms with E-state index in [9.17, 15) is 22.8 Å². The fourth-order valence-corrected chi connectivity index (χ4v) is 2.45. The highest BCUT2D eigenvalue weighted by atomic mass is 19.4. The van der Waals surface area contributed by atoms with E-state index in [1.165, 1.54) is 19.2 Å². The van der Waals surface area contributed by atoms with Gasteiger partial charge >= 0.3 is 12.1 Å². The number of halogens is 3. The summed E-state index contributed by atoms with van der Waals surface area (Å²) in [6.07, 6.45) is -3.66. The summed E-state index contributed by atoms with van der Waals surface area (Å²) in [7, 11) is 1.18. The number of amides is 1. The number of benzene rings is 1. The molecule has 0 spiro atoms. The van der Waals surface area contributed by atoms with Crippen LogP contribution in [0.2, 0.25) is 0 Å². The van der Waals surface area contributed by atoms with Crippen molar-refractivity contribution in [1.29, 1.82) is 0 Å². The molecule has 1 aromatic carbocycles. The van der Waals surface area contributed by atoms with Crippen molar-refractivity contribution in [3.63, 3.8) is 0 Å². The van der Waals surface area contributed by atoms with Gasteiger partial charge in [0.05, 0.1) is 12.7 Å². The predicted molar refractivity (Wildman–Crippen MR) is 78.1 cm³/mol. The summed E-state index contributed by atoms with van der Waals surface area (Å²) in [5.41, 5.74) is -0.296. The van der Waals surface area contributed by atoms with E-state index in [1.54, 1.807) is 0 Å². The molecule has 1 aliphatic rings. The van der Waals surface area contributed by atoms with Crippen LogP contribution in [0.25, 0.3) is 0 Å². The number of nitrogens with one attached hydrogen (secondary N) is 1.